The van der Waals surface area contributed by atoms with Crippen LogP contribution in [0.4, 0.5) is 0 Å². The third kappa shape index (κ3) is 12.7. The van der Waals surface area contributed by atoms with Gasteiger partial charge >= 0.3 is 5.97 Å². The zero-order valence-corrected chi connectivity index (χ0v) is 11.8. The third-order valence-electron chi connectivity index (χ3n) is 1.34. The van der Waals surface area contributed by atoms with E-state index in [0.29, 0.717) is 12.4 Å². The van der Waals surface area contributed by atoms with E-state index in [-0.39, 0.29) is 5.97 Å². The van der Waals surface area contributed by atoms with Crippen LogP contribution >= 0.6 is 11.8 Å². The molecule has 0 saturated heterocycles. The van der Waals surface area contributed by atoms with Gasteiger partial charge in [0.1, 0.15) is 0 Å². The van der Waals surface area contributed by atoms with Gasteiger partial charge in [-0.25, -0.2) is 0 Å². The third-order valence-corrected chi connectivity index (χ3v) is 2.33. The van der Waals surface area contributed by atoms with Crippen LogP contribution in [0.5, 0.6) is 0 Å². The minimum atomic E-state index is -0.204. The number of rotatable bonds is 7. The summed E-state index contributed by atoms with van der Waals surface area (Å²) < 4.78 is 4.82. The van der Waals surface area contributed by atoms with Gasteiger partial charge in [-0.2, -0.15) is 0 Å². The maximum atomic E-state index is 11.1. The summed E-state index contributed by atoms with van der Waals surface area (Å²) in [7, 11) is 0. The van der Waals surface area contributed by atoms with Crippen molar-refractivity contribution in [2.45, 2.75) is 20.8 Å². The van der Waals surface area contributed by atoms with Crippen molar-refractivity contribution >= 4 is 17.7 Å². The fourth-order valence-corrected chi connectivity index (χ4v) is 1.51. The quantitative estimate of drug-likeness (QED) is 0.505. The zero-order valence-electron chi connectivity index (χ0n) is 10.9. The van der Waals surface area contributed by atoms with E-state index < -0.39 is 0 Å². The Labute approximate surface area is 109 Å². The monoisotopic (exact) mass is 254 g/mol. The molecule has 0 amide bonds. The summed E-state index contributed by atoms with van der Waals surface area (Å²) in [5, 5.41) is 0. The lowest BCUT2D eigenvalue weighted by Crippen LogP contribution is -2.06. The molecule has 0 aliphatic rings. The van der Waals surface area contributed by atoms with Crippen molar-refractivity contribution in [3.05, 3.63) is 48.4 Å². The zero-order chi connectivity index (χ0) is 13.5. The smallest absolute Gasteiger partial charge is 0.316 e. The van der Waals surface area contributed by atoms with E-state index in [1.54, 1.807) is 19.1 Å². The second-order valence-electron chi connectivity index (χ2n) is 2.49. The Morgan fingerprint density at radius 1 is 1.29 bits per heavy atom. The Balaban J connectivity index is 0. The highest BCUT2D eigenvalue weighted by Gasteiger charge is 2.02. The summed E-state index contributed by atoms with van der Waals surface area (Å²) >= 11 is 1.41. The average molecular weight is 254 g/mol. The van der Waals surface area contributed by atoms with Crippen LogP contribution in [0.25, 0.3) is 0 Å². The van der Waals surface area contributed by atoms with Gasteiger partial charge in [0.2, 0.25) is 0 Å². The van der Waals surface area contributed by atoms with Gasteiger partial charge < -0.3 is 4.74 Å². The van der Waals surface area contributed by atoms with Crippen molar-refractivity contribution in [1.29, 1.82) is 0 Å². The van der Waals surface area contributed by atoms with Gasteiger partial charge in [-0.05, 0) is 19.1 Å². The van der Waals surface area contributed by atoms with E-state index in [2.05, 4.69) is 13.2 Å². The number of hydrogen-bond donors (Lipinski definition) is 0. The highest BCUT2D eigenvalue weighted by atomic mass is 32.2. The number of hydrogen-bond acceptors (Lipinski definition) is 3. The van der Waals surface area contributed by atoms with Crippen LogP contribution < -0.4 is 0 Å². The molecule has 96 valence electrons. The molecular weight excluding hydrogens is 232 g/mol. The first-order chi connectivity index (χ1) is 8.24. The van der Waals surface area contributed by atoms with Crippen LogP contribution in [-0.4, -0.2) is 18.3 Å². The molecule has 0 N–H and O–H groups in total. The molecule has 0 atom stereocenters. The molecule has 0 aromatic rings. The summed E-state index contributed by atoms with van der Waals surface area (Å²) in [4.78, 5) is 12.0. The maximum absolute atomic E-state index is 11.1. The van der Waals surface area contributed by atoms with Crippen molar-refractivity contribution in [1.82, 2.24) is 0 Å². The lowest BCUT2D eigenvalue weighted by molar-refractivity contribution is -0.139. The summed E-state index contributed by atoms with van der Waals surface area (Å²) in [6.45, 7) is 13.4. The first-order valence-corrected chi connectivity index (χ1v) is 6.63. The fraction of sp³-hybridized carbons (Fsp3) is 0.357. The number of allylic oxidation sites excluding steroid dienone is 5. The SMILES string of the molecule is C=C/C=C\C(=C/C=C)SCC(=O)OCC.CC. The largest absolute Gasteiger partial charge is 0.465 e. The molecule has 17 heavy (non-hydrogen) atoms. The standard InChI is InChI=1S/C12H16O2S.C2H6/c1-4-7-9-11(8-5-2)15-10-12(13)14-6-3;1-2/h4-5,7-9H,1-2,6,10H2,3H3;1-2H3/b9-7-,11-8+;. The Bertz CT molecular complexity index is 278. The molecule has 3 heteroatoms. The lowest BCUT2D eigenvalue weighted by atomic mass is 10.4. The van der Waals surface area contributed by atoms with Crippen molar-refractivity contribution in [2.75, 3.05) is 12.4 Å². The first-order valence-electron chi connectivity index (χ1n) is 5.64. The molecule has 0 bridgehead atoms. The Morgan fingerprint density at radius 3 is 2.41 bits per heavy atom. The molecular formula is C14H22O2S. The maximum Gasteiger partial charge on any atom is 0.316 e. The number of carbonyl (C=O) groups is 1. The number of ether oxygens (including phenoxy) is 1. The fourth-order valence-electron chi connectivity index (χ4n) is 0.776. The molecule has 0 fully saturated rings. The van der Waals surface area contributed by atoms with Crippen LogP contribution in [-0.2, 0) is 9.53 Å². The van der Waals surface area contributed by atoms with E-state index >= 15 is 0 Å². The van der Waals surface area contributed by atoms with Gasteiger partial charge in [0.25, 0.3) is 0 Å². The molecule has 0 spiro atoms. The van der Waals surface area contributed by atoms with Crippen LogP contribution in [0, 0.1) is 0 Å². The van der Waals surface area contributed by atoms with Crippen LogP contribution in [0.15, 0.2) is 48.4 Å². The molecule has 0 aromatic heterocycles. The van der Waals surface area contributed by atoms with Crippen molar-refractivity contribution in [3.8, 4) is 0 Å². The summed E-state index contributed by atoms with van der Waals surface area (Å²) in [6.07, 6.45) is 8.89. The summed E-state index contributed by atoms with van der Waals surface area (Å²) in [6, 6.07) is 0. The van der Waals surface area contributed by atoms with E-state index in [0.717, 1.165) is 4.91 Å². The predicted octanol–water partition coefficient (Wildman–Crippen LogP) is 4.12. The molecule has 0 aromatic carbocycles. The van der Waals surface area contributed by atoms with Gasteiger partial charge in [0, 0.05) is 4.91 Å². The van der Waals surface area contributed by atoms with E-state index in [1.165, 1.54) is 11.8 Å². The van der Waals surface area contributed by atoms with Gasteiger partial charge in [0.15, 0.2) is 0 Å². The summed E-state index contributed by atoms with van der Waals surface area (Å²) in [5.74, 6) is 0.110. The highest BCUT2D eigenvalue weighted by Crippen LogP contribution is 2.17. The molecule has 0 aliphatic carbocycles. The Morgan fingerprint density at radius 2 is 1.94 bits per heavy atom. The Hall–Kier alpha value is -1.22. The molecule has 2 nitrogen and oxygen atoms in total. The van der Waals surface area contributed by atoms with E-state index in [4.69, 9.17) is 4.74 Å². The molecule has 0 saturated carbocycles. The van der Waals surface area contributed by atoms with Gasteiger partial charge in [-0.3, -0.25) is 4.79 Å². The number of thioether (sulfide) groups is 1. The second-order valence-corrected chi connectivity index (χ2v) is 3.54. The van der Waals surface area contributed by atoms with E-state index in [1.807, 2.05) is 32.1 Å². The van der Waals surface area contributed by atoms with Crippen LogP contribution in [0.2, 0.25) is 0 Å². The predicted molar refractivity (Wildman–Crippen MR) is 78.1 cm³/mol. The molecule has 0 unspecified atom stereocenters. The molecule has 0 heterocycles. The Kier molecular flexibility index (Phi) is 15.8. The van der Waals surface area contributed by atoms with Crippen LogP contribution in [0.1, 0.15) is 20.8 Å². The number of esters is 1. The lowest BCUT2D eigenvalue weighted by Gasteiger charge is -2.01. The van der Waals surface area contributed by atoms with Crippen molar-refractivity contribution in [3.63, 3.8) is 0 Å². The van der Waals surface area contributed by atoms with Gasteiger partial charge in [0.05, 0.1) is 12.4 Å². The number of carbonyl (C=O) groups excluding carboxylic acids is 1. The molecule has 0 aliphatic heterocycles. The molecule has 0 radical (unpaired) electrons. The average Bonchev–Trinajstić information content (AvgIpc) is 2.35. The minimum absolute atomic E-state index is 0.204. The molecule has 0 rings (SSSR count). The van der Waals surface area contributed by atoms with E-state index in [9.17, 15) is 4.79 Å². The topological polar surface area (TPSA) is 26.3 Å². The first kappa shape index (κ1) is 18.2. The van der Waals surface area contributed by atoms with Crippen LogP contribution in [0.3, 0.4) is 0 Å². The van der Waals surface area contributed by atoms with Gasteiger partial charge in [-0.15, -0.1) is 11.8 Å². The normalized spacial score (nSPS) is 10.4. The van der Waals surface area contributed by atoms with Gasteiger partial charge in [-0.1, -0.05) is 45.2 Å². The minimum Gasteiger partial charge on any atom is -0.465 e. The second kappa shape index (κ2) is 14.8. The van der Waals surface area contributed by atoms with Crippen molar-refractivity contribution in [2.24, 2.45) is 0 Å². The summed E-state index contributed by atoms with van der Waals surface area (Å²) in [5.41, 5.74) is 0. The highest BCUT2D eigenvalue weighted by molar-refractivity contribution is 8.03. The van der Waals surface area contributed by atoms with Crippen molar-refractivity contribution < 1.29 is 9.53 Å².